The average molecular weight is 576 g/mol. The van der Waals surface area contributed by atoms with Crippen LogP contribution in [0.1, 0.15) is 0 Å². The van der Waals surface area contributed by atoms with Gasteiger partial charge in [-0.25, -0.2) is 9.69 Å². The Morgan fingerprint density at radius 3 is 1.21 bits per heavy atom. The van der Waals surface area contributed by atoms with Gasteiger partial charge in [-0.2, -0.15) is 0 Å². The number of aromatic hydroxyl groups is 2. The number of urea groups is 1. The van der Waals surface area contributed by atoms with Crippen LogP contribution < -0.4 is 9.80 Å². The van der Waals surface area contributed by atoms with Crippen molar-refractivity contribution in [1.82, 2.24) is 0 Å². The van der Waals surface area contributed by atoms with E-state index < -0.39 is 82.7 Å². The van der Waals surface area contributed by atoms with Gasteiger partial charge in [0.15, 0.2) is 0 Å². The highest BCUT2D eigenvalue weighted by Crippen LogP contribution is 2.45. The third-order valence-corrected chi connectivity index (χ3v) is 5.84. The Bertz CT molecular complexity index is 1660. The number of rotatable bonds is 8. The molecule has 0 aromatic heterocycles. The van der Waals surface area contributed by atoms with Crippen molar-refractivity contribution in [2.75, 3.05) is 9.80 Å². The molecule has 17 nitrogen and oxygen atoms in total. The molecule has 212 valence electrons. The summed E-state index contributed by atoms with van der Waals surface area (Å²) in [5, 5.41) is 67.8. The van der Waals surface area contributed by atoms with Gasteiger partial charge in [0.2, 0.25) is 0 Å². The zero-order chi connectivity index (χ0) is 30.7. The van der Waals surface area contributed by atoms with Gasteiger partial charge in [-0.3, -0.25) is 45.4 Å². The number of nitro benzene ring substituents is 4. The Labute approximate surface area is 233 Å². The van der Waals surface area contributed by atoms with Crippen molar-refractivity contribution < 1.29 is 34.7 Å². The van der Waals surface area contributed by atoms with Gasteiger partial charge in [0.1, 0.15) is 22.9 Å². The number of amides is 2. The van der Waals surface area contributed by atoms with E-state index in [2.05, 4.69) is 0 Å². The van der Waals surface area contributed by atoms with Gasteiger partial charge in [-0.05, 0) is 24.3 Å². The summed E-state index contributed by atoms with van der Waals surface area (Å²) in [5.74, 6) is -1.75. The molecule has 0 aliphatic rings. The predicted molar refractivity (Wildman–Crippen MR) is 145 cm³/mol. The van der Waals surface area contributed by atoms with E-state index in [1.54, 1.807) is 0 Å². The maximum atomic E-state index is 14.5. The van der Waals surface area contributed by atoms with E-state index in [0.717, 1.165) is 48.5 Å². The van der Waals surface area contributed by atoms with Gasteiger partial charge in [-0.1, -0.05) is 24.3 Å². The van der Waals surface area contributed by atoms with Crippen molar-refractivity contribution in [3.63, 3.8) is 0 Å². The summed E-state index contributed by atoms with van der Waals surface area (Å²) in [6, 6.07) is 13.1. The van der Waals surface area contributed by atoms with E-state index in [1.807, 2.05) is 0 Å². The van der Waals surface area contributed by atoms with Crippen LogP contribution >= 0.6 is 0 Å². The second kappa shape index (κ2) is 11.2. The van der Waals surface area contributed by atoms with Gasteiger partial charge in [0, 0.05) is 24.3 Å². The number of hydrogen-bond acceptors (Lipinski definition) is 11. The largest absolute Gasteiger partial charge is 0.505 e. The monoisotopic (exact) mass is 576 g/mol. The molecule has 0 aliphatic carbocycles. The molecule has 4 aromatic carbocycles. The standard InChI is InChI=1S/C25H16N6O11/c32-23-13-15(28(35)36)9-11-21(23)27(22-12-10-16(29(37)38)14-24(22)33)25(34)26(17-5-1-3-7-19(17)30(39)40)18-6-2-4-8-20(18)31(41)42/h1-14,32-33H. The number of benzene rings is 4. The van der Waals surface area contributed by atoms with Gasteiger partial charge in [-0.15, -0.1) is 0 Å². The zero-order valence-corrected chi connectivity index (χ0v) is 20.8. The number of carbonyl (C=O) groups is 1. The number of para-hydroxylation sites is 4. The molecule has 4 aromatic rings. The molecule has 0 bridgehead atoms. The lowest BCUT2D eigenvalue weighted by Gasteiger charge is -2.31. The highest BCUT2D eigenvalue weighted by Gasteiger charge is 2.37. The normalized spacial score (nSPS) is 10.5. The minimum atomic E-state index is -1.35. The lowest BCUT2D eigenvalue weighted by atomic mass is 10.1. The summed E-state index contributed by atoms with van der Waals surface area (Å²) in [4.78, 5) is 58.6. The second-order valence-electron chi connectivity index (χ2n) is 8.31. The Hall–Kier alpha value is -6.65. The number of nitrogens with zero attached hydrogens (tertiary/aromatic N) is 6. The lowest BCUT2D eigenvalue weighted by Crippen LogP contribution is -2.39. The lowest BCUT2D eigenvalue weighted by molar-refractivity contribution is -0.385. The summed E-state index contributed by atoms with van der Waals surface area (Å²) in [7, 11) is 0. The molecule has 0 radical (unpaired) electrons. The number of anilines is 4. The van der Waals surface area contributed by atoms with Crippen LogP contribution in [0.4, 0.5) is 50.3 Å². The number of hydrogen-bond donors (Lipinski definition) is 2. The van der Waals surface area contributed by atoms with Crippen LogP contribution in [0.25, 0.3) is 0 Å². The first-order chi connectivity index (χ1) is 19.9. The average Bonchev–Trinajstić information content (AvgIpc) is 2.95. The summed E-state index contributed by atoms with van der Waals surface area (Å²) in [5.41, 5.74) is -4.47. The molecular weight excluding hydrogens is 560 g/mol. The molecule has 42 heavy (non-hydrogen) atoms. The van der Waals surface area contributed by atoms with Crippen molar-refractivity contribution >= 4 is 51.5 Å². The number of phenolic OH excluding ortho intramolecular Hbond substituents is 2. The van der Waals surface area contributed by atoms with Crippen LogP contribution in [0.5, 0.6) is 11.5 Å². The summed E-state index contributed by atoms with van der Waals surface area (Å²) in [6.45, 7) is 0. The minimum Gasteiger partial charge on any atom is -0.505 e. The fourth-order valence-electron chi connectivity index (χ4n) is 4.02. The van der Waals surface area contributed by atoms with Crippen LogP contribution in [0, 0.1) is 40.5 Å². The van der Waals surface area contributed by atoms with Gasteiger partial charge in [0.25, 0.3) is 22.7 Å². The third-order valence-electron chi connectivity index (χ3n) is 5.84. The van der Waals surface area contributed by atoms with E-state index in [-0.39, 0.29) is 0 Å². The summed E-state index contributed by atoms with van der Waals surface area (Å²) >= 11 is 0. The summed E-state index contributed by atoms with van der Waals surface area (Å²) < 4.78 is 0. The molecule has 0 saturated carbocycles. The van der Waals surface area contributed by atoms with Crippen molar-refractivity contribution in [3.8, 4) is 11.5 Å². The van der Waals surface area contributed by atoms with Crippen molar-refractivity contribution in [1.29, 1.82) is 0 Å². The van der Waals surface area contributed by atoms with Crippen LogP contribution in [-0.4, -0.2) is 35.9 Å². The van der Waals surface area contributed by atoms with Crippen LogP contribution in [-0.2, 0) is 0 Å². The molecule has 0 saturated heterocycles. The van der Waals surface area contributed by atoms with Gasteiger partial charge in [0.05, 0.1) is 43.2 Å². The third kappa shape index (κ3) is 5.27. The van der Waals surface area contributed by atoms with E-state index in [1.165, 1.54) is 24.3 Å². The molecule has 0 aliphatic heterocycles. The van der Waals surface area contributed by atoms with E-state index in [4.69, 9.17) is 0 Å². The molecule has 0 fully saturated rings. The number of non-ortho nitro benzene ring substituents is 2. The quantitative estimate of drug-likeness (QED) is 0.187. The first-order valence-electron chi connectivity index (χ1n) is 11.5. The van der Waals surface area contributed by atoms with Crippen LogP contribution in [0.2, 0.25) is 0 Å². The highest BCUT2D eigenvalue weighted by molar-refractivity contribution is 6.15. The molecular formula is C25H16N6O11. The predicted octanol–water partition coefficient (Wildman–Crippen LogP) is 5.83. The number of phenols is 2. The number of carbonyl (C=O) groups excluding carboxylic acids is 1. The van der Waals surface area contributed by atoms with E-state index in [9.17, 15) is 55.5 Å². The van der Waals surface area contributed by atoms with Crippen LogP contribution in [0.15, 0.2) is 84.9 Å². The minimum absolute atomic E-state index is 0.463. The maximum absolute atomic E-state index is 14.5. The molecule has 0 spiro atoms. The molecule has 0 atom stereocenters. The van der Waals surface area contributed by atoms with Gasteiger partial charge >= 0.3 is 6.03 Å². The topological polar surface area (TPSA) is 237 Å². The molecule has 2 N–H and O–H groups in total. The SMILES string of the molecule is O=C(N(c1ccc([N+](=O)[O-])cc1O)c1ccc([N+](=O)[O-])cc1O)N(c1ccccc1[N+](=O)[O-])c1ccccc1[N+](=O)[O-]. The molecule has 2 amide bonds. The Kier molecular flexibility index (Phi) is 7.58. The van der Waals surface area contributed by atoms with Crippen molar-refractivity contribution in [3.05, 3.63) is 125 Å². The van der Waals surface area contributed by atoms with E-state index in [0.29, 0.717) is 21.9 Å². The van der Waals surface area contributed by atoms with E-state index >= 15 is 0 Å². The van der Waals surface area contributed by atoms with Crippen molar-refractivity contribution in [2.45, 2.75) is 0 Å². The zero-order valence-electron chi connectivity index (χ0n) is 20.8. The highest BCUT2D eigenvalue weighted by atomic mass is 16.6. The number of nitro groups is 4. The first kappa shape index (κ1) is 28.4. The molecule has 0 heterocycles. The van der Waals surface area contributed by atoms with Crippen LogP contribution in [0.3, 0.4) is 0 Å². The fraction of sp³-hybridized carbons (Fsp3) is 0. The Morgan fingerprint density at radius 1 is 0.524 bits per heavy atom. The van der Waals surface area contributed by atoms with Crippen molar-refractivity contribution in [2.24, 2.45) is 0 Å². The Balaban J connectivity index is 2.07. The fourth-order valence-corrected chi connectivity index (χ4v) is 4.02. The summed E-state index contributed by atoms with van der Waals surface area (Å²) in [6.07, 6.45) is 0. The molecule has 4 rings (SSSR count). The maximum Gasteiger partial charge on any atom is 0.338 e. The van der Waals surface area contributed by atoms with Gasteiger partial charge < -0.3 is 10.2 Å². The second-order valence-corrected chi connectivity index (χ2v) is 8.31. The molecule has 17 heteroatoms. The smallest absolute Gasteiger partial charge is 0.338 e. The first-order valence-corrected chi connectivity index (χ1v) is 11.5. The molecule has 0 unspecified atom stereocenters. The Morgan fingerprint density at radius 2 is 0.881 bits per heavy atom.